The third kappa shape index (κ3) is 14.7. The predicted molar refractivity (Wildman–Crippen MR) is 410 cm³/mol. The molecule has 6 aromatic heterocycles. The van der Waals surface area contributed by atoms with Crippen LogP contribution in [0.1, 0.15) is 51.5 Å². The largest absolute Gasteiger partial charge is 0.353 e. The molecule has 1 atom stereocenters. The van der Waals surface area contributed by atoms with Crippen molar-refractivity contribution in [3.63, 3.8) is 0 Å². The molecule has 18 nitrogen and oxygen atoms in total. The second kappa shape index (κ2) is 31.3. The first-order valence-electron chi connectivity index (χ1n) is 35.4. The third-order valence-electron chi connectivity index (χ3n) is 19.9. The van der Waals surface area contributed by atoms with Crippen LogP contribution in [0.4, 0.5) is 26.2 Å². The summed E-state index contributed by atoms with van der Waals surface area (Å²) in [6, 6.07) is 84.1. The van der Waals surface area contributed by atoms with Crippen molar-refractivity contribution in [1.29, 1.82) is 0 Å². The van der Waals surface area contributed by atoms with Gasteiger partial charge in [0.1, 0.15) is 48.1 Å². The van der Waals surface area contributed by atoms with Gasteiger partial charge in [-0.05, 0) is 106 Å². The molecule has 3 aliphatic heterocycles. The summed E-state index contributed by atoms with van der Waals surface area (Å²) >= 11 is 6.18. The van der Waals surface area contributed by atoms with Crippen molar-refractivity contribution in [2.45, 2.75) is 18.1 Å². The fraction of sp³-hybridized carbons (Fsp3) is 0.179. The zero-order valence-electron chi connectivity index (χ0n) is 57.6. The first kappa shape index (κ1) is 67.5. The normalized spacial score (nSPS) is 14.9. The van der Waals surface area contributed by atoms with Gasteiger partial charge in [0.05, 0.1) is 69.9 Å². The SMILES string of the molecule is Clc1ccc(C(c2ccccc2)N2CCN(c3ncnc4c3cnn4-c3ccccc3)CC2)cc1.Fc1ccc(C(c2ccc(F)cc2)N2CCN(c3ncnc4c3cnn4-c3ccccc3)CC2)cc1.c1ccc(C(c2ccccc2)N2CCN(c3ncnc4c3cnn4-c3ccccc3)CC2)cc1. The molecule has 0 saturated carbocycles. The quantitative estimate of drug-likeness (QED) is 0.0957. The van der Waals surface area contributed by atoms with E-state index in [1.807, 2.05) is 160 Å². The van der Waals surface area contributed by atoms with Gasteiger partial charge in [0, 0.05) is 83.6 Å². The van der Waals surface area contributed by atoms with E-state index in [0.717, 1.165) is 162 Å². The molecular formula is C84H75ClF2N18. The van der Waals surface area contributed by atoms with Crippen LogP contribution in [0, 0.1) is 11.6 Å². The van der Waals surface area contributed by atoms with E-state index in [-0.39, 0.29) is 29.8 Å². The maximum atomic E-state index is 13.6. The lowest BCUT2D eigenvalue weighted by Crippen LogP contribution is -2.48. The lowest BCUT2D eigenvalue weighted by molar-refractivity contribution is 0.212. The van der Waals surface area contributed by atoms with E-state index in [9.17, 15) is 8.78 Å². The van der Waals surface area contributed by atoms with Gasteiger partial charge in [0.15, 0.2) is 16.9 Å². The fourth-order valence-electron chi connectivity index (χ4n) is 14.8. The minimum Gasteiger partial charge on any atom is -0.353 e. The van der Waals surface area contributed by atoms with Crippen LogP contribution in [0.5, 0.6) is 0 Å². The van der Waals surface area contributed by atoms with Crippen LogP contribution in [0.25, 0.3) is 50.2 Å². The molecule has 0 N–H and O–H groups in total. The van der Waals surface area contributed by atoms with Crippen molar-refractivity contribution in [3.05, 3.63) is 342 Å². The minimum absolute atomic E-state index is 0.0976. The molecule has 9 aromatic carbocycles. The molecule has 522 valence electrons. The highest BCUT2D eigenvalue weighted by atomic mass is 35.5. The number of halogens is 3. The van der Waals surface area contributed by atoms with Crippen molar-refractivity contribution in [2.24, 2.45) is 0 Å². The van der Waals surface area contributed by atoms with E-state index in [2.05, 4.69) is 178 Å². The van der Waals surface area contributed by atoms with E-state index in [0.29, 0.717) is 0 Å². The Hall–Kier alpha value is -11.9. The second-order valence-corrected chi connectivity index (χ2v) is 26.6. The van der Waals surface area contributed by atoms with Crippen molar-refractivity contribution in [1.82, 2.24) is 73.9 Å². The highest BCUT2D eigenvalue weighted by Gasteiger charge is 2.32. The molecule has 3 fully saturated rings. The number of benzene rings is 9. The van der Waals surface area contributed by atoms with Crippen molar-refractivity contribution in [2.75, 3.05) is 93.2 Å². The molecular weight excluding hydrogens is 1330 g/mol. The van der Waals surface area contributed by atoms with E-state index in [1.165, 1.54) is 46.5 Å². The van der Waals surface area contributed by atoms with Crippen molar-refractivity contribution >= 4 is 62.2 Å². The van der Waals surface area contributed by atoms with Crippen molar-refractivity contribution in [3.8, 4) is 17.1 Å². The molecule has 18 rings (SSSR count). The summed E-state index contributed by atoms with van der Waals surface area (Å²) < 4.78 is 32.9. The van der Waals surface area contributed by atoms with E-state index in [4.69, 9.17) is 11.6 Å². The standard InChI is InChI=1S/C28H25ClN6.C28H24F2N6.C28H26N6/c29-23-13-11-22(12-14-23)26(21-7-3-1-4-8-21)33-15-17-34(18-16-33)27-25-19-32-35(28(25)31-20-30-27)24-9-5-2-6-10-24;29-22-10-6-20(7-11-22)26(21-8-12-23(30)13-9-21)34-14-16-35(17-15-34)27-25-18-33-36(28(25)32-19-31-27)24-4-2-1-3-5-24;1-4-10-22(11-5-1)26(23-12-6-2-7-13-23)32-16-18-33(19-17-32)27-25-20-31-34(28(25)30-21-29-27)24-14-8-3-9-15-24/h1-14,19-20,26H,15-18H2;1-13,18-19,26H,14-17H2;1-15,20-21,26H,16-19H2. The number of aromatic nitrogens is 12. The number of rotatable bonds is 15. The molecule has 0 radical (unpaired) electrons. The van der Waals surface area contributed by atoms with Crippen LogP contribution in [-0.4, -0.2) is 152 Å². The molecule has 0 bridgehead atoms. The highest BCUT2D eigenvalue weighted by molar-refractivity contribution is 6.30. The lowest BCUT2D eigenvalue weighted by atomic mass is 9.96. The van der Waals surface area contributed by atoms with Gasteiger partial charge in [-0.3, -0.25) is 14.7 Å². The Morgan fingerprint density at radius 1 is 0.267 bits per heavy atom. The van der Waals surface area contributed by atoms with Gasteiger partial charge in [-0.1, -0.05) is 194 Å². The fourth-order valence-corrected chi connectivity index (χ4v) is 14.9. The second-order valence-electron chi connectivity index (χ2n) is 26.1. The number of hydrogen-bond donors (Lipinski definition) is 0. The number of piperazine rings is 3. The van der Waals surface area contributed by atoms with Gasteiger partial charge in [0.25, 0.3) is 0 Å². The maximum absolute atomic E-state index is 13.6. The molecule has 3 aliphatic rings. The first-order valence-corrected chi connectivity index (χ1v) is 35.8. The molecule has 1 unspecified atom stereocenters. The van der Waals surface area contributed by atoms with Gasteiger partial charge in [-0.25, -0.2) is 52.7 Å². The summed E-state index contributed by atoms with van der Waals surface area (Å²) in [5.74, 6) is 2.22. The molecule has 0 spiro atoms. The Kier molecular flexibility index (Phi) is 20.2. The maximum Gasteiger partial charge on any atom is 0.168 e. The average Bonchev–Trinajstić information content (AvgIpc) is 1.76. The molecule has 0 aliphatic carbocycles. The Morgan fingerprint density at radius 3 is 0.771 bits per heavy atom. The van der Waals surface area contributed by atoms with Gasteiger partial charge < -0.3 is 14.7 Å². The van der Waals surface area contributed by atoms with E-state index < -0.39 is 0 Å². The molecule has 0 amide bonds. The van der Waals surface area contributed by atoms with Crippen molar-refractivity contribution < 1.29 is 8.78 Å². The molecule has 3 saturated heterocycles. The van der Waals surface area contributed by atoms with Crippen LogP contribution < -0.4 is 14.7 Å². The minimum atomic E-state index is -0.273. The summed E-state index contributed by atoms with van der Waals surface area (Å²) in [7, 11) is 0. The number of para-hydroxylation sites is 3. The van der Waals surface area contributed by atoms with Gasteiger partial charge in [-0.15, -0.1) is 0 Å². The Balaban J connectivity index is 0.000000121. The predicted octanol–water partition coefficient (Wildman–Crippen LogP) is 15.1. The third-order valence-corrected chi connectivity index (χ3v) is 20.1. The van der Waals surface area contributed by atoms with Gasteiger partial charge in [0.2, 0.25) is 0 Å². The summed E-state index contributed by atoms with van der Waals surface area (Å²) in [6.07, 6.45) is 10.5. The zero-order valence-corrected chi connectivity index (χ0v) is 58.4. The first-order chi connectivity index (χ1) is 51.8. The van der Waals surface area contributed by atoms with Gasteiger partial charge in [-0.2, -0.15) is 15.3 Å². The topological polar surface area (TPSA) is 150 Å². The van der Waals surface area contributed by atoms with Crippen LogP contribution >= 0.6 is 11.6 Å². The Bertz CT molecular complexity index is 5210. The van der Waals surface area contributed by atoms with Gasteiger partial charge >= 0.3 is 0 Å². The number of anilines is 3. The van der Waals surface area contributed by atoms with Crippen LogP contribution in [0.3, 0.4) is 0 Å². The number of fused-ring (bicyclic) bond motifs is 3. The highest BCUT2D eigenvalue weighted by Crippen LogP contribution is 2.37. The monoisotopic (exact) mass is 1410 g/mol. The molecule has 21 heteroatoms. The van der Waals surface area contributed by atoms with Crippen LogP contribution in [-0.2, 0) is 0 Å². The van der Waals surface area contributed by atoms with E-state index >= 15 is 0 Å². The molecule has 15 aromatic rings. The average molecular weight is 1410 g/mol. The summed E-state index contributed by atoms with van der Waals surface area (Å²) in [4.78, 5) is 42.0. The number of nitrogens with zero attached hydrogens (tertiary/aromatic N) is 18. The summed E-state index contributed by atoms with van der Waals surface area (Å²) in [5.41, 5.74) is 12.5. The Morgan fingerprint density at radius 2 is 0.505 bits per heavy atom. The lowest BCUT2D eigenvalue weighted by Gasteiger charge is -2.40. The number of hydrogen-bond acceptors (Lipinski definition) is 15. The zero-order chi connectivity index (χ0) is 70.8. The molecule has 9 heterocycles. The summed E-state index contributed by atoms with van der Waals surface area (Å²) in [5, 5.41) is 17.4. The molecule has 105 heavy (non-hydrogen) atoms. The summed E-state index contributed by atoms with van der Waals surface area (Å²) in [6.45, 7) is 10.3. The smallest absolute Gasteiger partial charge is 0.168 e. The van der Waals surface area contributed by atoms with Crippen LogP contribution in [0.2, 0.25) is 5.02 Å². The Labute approximate surface area is 612 Å². The van der Waals surface area contributed by atoms with E-state index in [1.54, 1.807) is 19.0 Å². The van der Waals surface area contributed by atoms with Crippen LogP contribution in [0.15, 0.2) is 292 Å².